The predicted molar refractivity (Wildman–Crippen MR) is 124 cm³/mol. The van der Waals surface area contributed by atoms with E-state index in [9.17, 15) is 18.3 Å². The third kappa shape index (κ3) is 6.30. The molecular formula is C22H19Cl2N3O4S. The van der Waals surface area contributed by atoms with Crippen LogP contribution >= 0.6 is 23.2 Å². The Labute approximate surface area is 196 Å². The molecule has 0 aliphatic heterocycles. The van der Waals surface area contributed by atoms with Gasteiger partial charge in [-0.3, -0.25) is 4.79 Å². The van der Waals surface area contributed by atoms with Crippen molar-refractivity contribution in [3.05, 3.63) is 94.0 Å². The summed E-state index contributed by atoms with van der Waals surface area (Å²) in [4.78, 5) is 12.5. The zero-order chi connectivity index (χ0) is 23.1. The van der Waals surface area contributed by atoms with Gasteiger partial charge in [-0.2, -0.15) is 9.41 Å². The van der Waals surface area contributed by atoms with Crippen LogP contribution in [0.5, 0.6) is 5.75 Å². The largest absolute Gasteiger partial charge is 0.508 e. The molecule has 0 spiro atoms. The maximum atomic E-state index is 13.2. The molecule has 10 heteroatoms. The van der Waals surface area contributed by atoms with Gasteiger partial charge in [0.1, 0.15) is 5.75 Å². The summed E-state index contributed by atoms with van der Waals surface area (Å²) in [5.74, 6) is -0.591. The van der Waals surface area contributed by atoms with E-state index in [1.807, 2.05) is 0 Å². The number of hydrazone groups is 1. The molecule has 166 valence electrons. The fourth-order valence-corrected chi connectivity index (χ4v) is 4.65. The highest BCUT2D eigenvalue weighted by atomic mass is 35.5. The van der Waals surface area contributed by atoms with Crippen LogP contribution in [0.25, 0.3) is 0 Å². The highest BCUT2D eigenvalue weighted by Gasteiger charge is 2.27. The molecule has 0 aromatic heterocycles. The second-order valence-electron chi connectivity index (χ2n) is 6.71. The minimum atomic E-state index is -4.01. The van der Waals surface area contributed by atoms with Crippen LogP contribution in [0, 0.1) is 0 Å². The zero-order valence-corrected chi connectivity index (χ0v) is 19.0. The van der Waals surface area contributed by atoms with Gasteiger partial charge in [-0.15, -0.1) is 0 Å². The number of sulfonamides is 1. The van der Waals surface area contributed by atoms with Crippen LogP contribution in [0.15, 0.2) is 82.8 Å². The minimum Gasteiger partial charge on any atom is -0.508 e. The number of benzene rings is 3. The van der Waals surface area contributed by atoms with Crippen LogP contribution in [0.4, 0.5) is 0 Å². The third-order valence-electron chi connectivity index (χ3n) is 4.34. The van der Waals surface area contributed by atoms with Crippen molar-refractivity contribution in [3.8, 4) is 5.75 Å². The van der Waals surface area contributed by atoms with Gasteiger partial charge in [0.15, 0.2) is 0 Å². The monoisotopic (exact) mass is 491 g/mol. The summed E-state index contributed by atoms with van der Waals surface area (Å²) in [7, 11) is -4.01. The van der Waals surface area contributed by atoms with E-state index in [2.05, 4.69) is 10.5 Å². The molecule has 1 amide bonds. The smallest absolute Gasteiger partial charge is 0.255 e. The van der Waals surface area contributed by atoms with Crippen LogP contribution in [-0.4, -0.2) is 36.5 Å². The lowest BCUT2D eigenvalue weighted by molar-refractivity contribution is -0.121. The average Bonchev–Trinajstić information content (AvgIpc) is 2.75. The minimum absolute atomic E-state index is 0.0427. The number of carbonyl (C=O) groups excluding carboxylic acids is 1. The number of amides is 1. The van der Waals surface area contributed by atoms with Crippen LogP contribution < -0.4 is 5.43 Å². The van der Waals surface area contributed by atoms with E-state index in [1.165, 1.54) is 36.5 Å². The van der Waals surface area contributed by atoms with Crippen LogP contribution in [0.2, 0.25) is 10.0 Å². The fraction of sp³-hybridized carbons (Fsp3) is 0.0909. The number of halogens is 2. The molecule has 0 aliphatic rings. The highest BCUT2D eigenvalue weighted by molar-refractivity contribution is 7.89. The van der Waals surface area contributed by atoms with Gasteiger partial charge in [-0.25, -0.2) is 13.8 Å². The van der Waals surface area contributed by atoms with E-state index in [1.54, 1.807) is 42.5 Å². The molecule has 0 unspecified atom stereocenters. The van der Waals surface area contributed by atoms with Crippen molar-refractivity contribution >= 4 is 45.3 Å². The molecule has 0 heterocycles. The van der Waals surface area contributed by atoms with Crippen LogP contribution in [-0.2, 0) is 21.4 Å². The van der Waals surface area contributed by atoms with E-state index < -0.39 is 22.5 Å². The number of carbonyl (C=O) groups is 1. The van der Waals surface area contributed by atoms with Gasteiger partial charge >= 0.3 is 0 Å². The summed E-state index contributed by atoms with van der Waals surface area (Å²) in [5.41, 5.74) is 3.36. The molecule has 32 heavy (non-hydrogen) atoms. The second-order valence-corrected chi connectivity index (χ2v) is 9.49. The Morgan fingerprint density at radius 2 is 1.78 bits per heavy atom. The Hall–Kier alpha value is -2.91. The molecule has 3 aromatic carbocycles. The van der Waals surface area contributed by atoms with Gasteiger partial charge in [-0.05, 0) is 47.5 Å². The second kappa shape index (κ2) is 10.6. The molecule has 0 bridgehead atoms. The first kappa shape index (κ1) is 23.7. The van der Waals surface area contributed by atoms with Crippen LogP contribution in [0.1, 0.15) is 11.1 Å². The van der Waals surface area contributed by atoms with Gasteiger partial charge in [0.2, 0.25) is 10.0 Å². The number of nitrogens with one attached hydrogen (secondary N) is 1. The standard InChI is InChI=1S/C22H19Cl2N3O4S/c23-18-10-9-17(21(24)12-18)14-27(32(30,31)20-7-2-1-3-8-20)15-22(29)26-25-13-16-5-4-6-19(28)11-16/h1-13,28H,14-15H2,(H,26,29). The van der Waals surface area contributed by atoms with E-state index in [0.717, 1.165) is 4.31 Å². The normalized spacial score (nSPS) is 11.7. The Kier molecular flexibility index (Phi) is 7.87. The number of hydrogen-bond acceptors (Lipinski definition) is 5. The van der Waals surface area contributed by atoms with Gasteiger partial charge < -0.3 is 5.11 Å². The topological polar surface area (TPSA) is 99.1 Å². The number of rotatable bonds is 8. The van der Waals surface area contributed by atoms with Crippen molar-refractivity contribution in [2.45, 2.75) is 11.4 Å². The molecule has 3 rings (SSSR count). The maximum absolute atomic E-state index is 13.2. The molecular weight excluding hydrogens is 473 g/mol. The maximum Gasteiger partial charge on any atom is 0.255 e. The van der Waals surface area contributed by atoms with Gasteiger partial charge in [-0.1, -0.05) is 59.6 Å². The Morgan fingerprint density at radius 3 is 2.47 bits per heavy atom. The molecule has 3 aromatic rings. The Bertz CT molecular complexity index is 1230. The fourth-order valence-electron chi connectivity index (χ4n) is 2.79. The predicted octanol–water partition coefficient (Wildman–Crippen LogP) is 4.04. The summed E-state index contributed by atoms with van der Waals surface area (Å²) < 4.78 is 27.4. The molecule has 0 aliphatic carbocycles. The van der Waals surface area contributed by atoms with E-state index in [-0.39, 0.29) is 22.2 Å². The first-order valence-corrected chi connectivity index (χ1v) is 11.6. The van der Waals surface area contributed by atoms with Crippen molar-refractivity contribution in [1.82, 2.24) is 9.73 Å². The summed E-state index contributed by atoms with van der Waals surface area (Å²) in [5, 5.41) is 14.0. The van der Waals surface area contributed by atoms with E-state index in [0.29, 0.717) is 16.1 Å². The van der Waals surface area contributed by atoms with Crippen molar-refractivity contribution in [1.29, 1.82) is 0 Å². The Morgan fingerprint density at radius 1 is 1.03 bits per heavy atom. The average molecular weight is 492 g/mol. The quantitative estimate of drug-likeness (QED) is 0.366. The molecule has 0 saturated carbocycles. The lowest BCUT2D eigenvalue weighted by Gasteiger charge is -2.22. The molecule has 0 radical (unpaired) electrons. The first-order valence-electron chi connectivity index (χ1n) is 9.36. The molecule has 0 atom stereocenters. The lowest BCUT2D eigenvalue weighted by atomic mass is 10.2. The molecule has 2 N–H and O–H groups in total. The SMILES string of the molecule is O=C(CN(Cc1ccc(Cl)cc1Cl)S(=O)(=O)c1ccccc1)NN=Cc1cccc(O)c1. The molecule has 0 fully saturated rings. The first-order chi connectivity index (χ1) is 15.3. The summed E-state index contributed by atoms with van der Waals surface area (Å²) in [6.45, 7) is -0.634. The van der Waals surface area contributed by atoms with Gasteiger partial charge in [0.25, 0.3) is 5.91 Å². The molecule has 7 nitrogen and oxygen atoms in total. The number of aromatic hydroxyl groups is 1. The van der Waals surface area contributed by atoms with Crippen molar-refractivity contribution in [2.75, 3.05) is 6.54 Å². The lowest BCUT2D eigenvalue weighted by Crippen LogP contribution is -2.39. The van der Waals surface area contributed by atoms with E-state index in [4.69, 9.17) is 23.2 Å². The molecule has 0 saturated heterocycles. The Balaban J connectivity index is 1.81. The highest BCUT2D eigenvalue weighted by Crippen LogP contribution is 2.25. The van der Waals surface area contributed by atoms with Crippen molar-refractivity contribution in [2.24, 2.45) is 5.10 Å². The third-order valence-corrected chi connectivity index (χ3v) is 6.73. The van der Waals surface area contributed by atoms with Crippen molar-refractivity contribution < 1.29 is 18.3 Å². The summed E-state index contributed by atoms with van der Waals surface area (Å²) >= 11 is 12.1. The zero-order valence-electron chi connectivity index (χ0n) is 16.7. The number of hydrogen-bond donors (Lipinski definition) is 2. The van der Waals surface area contributed by atoms with Crippen molar-refractivity contribution in [3.63, 3.8) is 0 Å². The van der Waals surface area contributed by atoms with Gasteiger partial charge in [0, 0.05) is 16.6 Å². The van der Waals surface area contributed by atoms with Gasteiger partial charge in [0.05, 0.1) is 17.7 Å². The summed E-state index contributed by atoms with van der Waals surface area (Å²) in [6, 6.07) is 18.8. The van der Waals surface area contributed by atoms with E-state index >= 15 is 0 Å². The summed E-state index contributed by atoms with van der Waals surface area (Å²) in [6.07, 6.45) is 1.34. The number of phenols is 1. The van der Waals surface area contributed by atoms with Crippen LogP contribution in [0.3, 0.4) is 0 Å². The number of phenolic OH excluding ortho intramolecular Hbond substituents is 1. The number of nitrogens with zero attached hydrogens (tertiary/aromatic N) is 2.